The van der Waals surface area contributed by atoms with Gasteiger partial charge in [-0.25, -0.2) is 0 Å². The Hall–Kier alpha value is -8.72. The molecule has 2 aromatic heterocycles. The van der Waals surface area contributed by atoms with Gasteiger partial charge in [-0.05, 0) is 125 Å². The fraction of sp³-hybridized carbons (Fsp3) is 0. The number of rotatable bonds is 5. The second kappa shape index (κ2) is 14.4. The van der Waals surface area contributed by atoms with E-state index in [1.54, 1.807) is 0 Å². The first-order valence-corrected chi connectivity index (χ1v) is 22.8. The summed E-state index contributed by atoms with van der Waals surface area (Å²) in [5, 5.41) is 15.1. The third kappa shape index (κ3) is 5.36. The maximum absolute atomic E-state index is 2.50. The van der Waals surface area contributed by atoms with Crippen molar-refractivity contribution in [1.82, 2.24) is 9.13 Å². The van der Waals surface area contributed by atoms with Crippen LogP contribution in [-0.2, 0) is 0 Å². The lowest BCUT2D eigenvalue weighted by Gasteiger charge is -2.18. The van der Waals surface area contributed by atoms with Crippen LogP contribution in [0.5, 0.6) is 0 Å². The first-order chi connectivity index (χ1) is 32.8. The summed E-state index contributed by atoms with van der Waals surface area (Å²) in [6, 6.07) is 89.5. The van der Waals surface area contributed by atoms with E-state index in [0.717, 1.165) is 11.4 Å². The summed E-state index contributed by atoms with van der Waals surface area (Å²) in [4.78, 5) is 0. The van der Waals surface area contributed by atoms with E-state index in [4.69, 9.17) is 0 Å². The maximum atomic E-state index is 2.50. The van der Waals surface area contributed by atoms with E-state index < -0.39 is 0 Å². The minimum atomic E-state index is 1.13. The molecule has 0 spiro atoms. The smallest absolute Gasteiger partial charge is 0.0553 e. The van der Waals surface area contributed by atoms with Gasteiger partial charge in [-0.3, -0.25) is 0 Å². The molecule has 0 radical (unpaired) electrons. The summed E-state index contributed by atoms with van der Waals surface area (Å²) in [5.74, 6) is 0. The Balaban J connectivity index is 1.03. The van der Waals surface area contributed by atoms with Crippen LogP contribution >= 0.6 is 0 Å². The van der Waals surface area contributed by atoms with Crippen LogP contribution in [-0.4, -0.2) is 9.13 Å². The first kappa shape index (κ1) is 36.7. The van der Waals surface area contributed by atoms with Crippen LogP contribution in [0.25, 0.3) is 131 Å². The maximum Gasteiger partial charge on any atom is 0.0553 e. The molecular formula is C64H40N2. The molecule has 0 saturated heterocycles. The molecule has 0 amide bonds. The summed E-state index contributed by atoms with van der Waals surface area (Å²) in [6.07, 6.45) is 0. The number of hydrogen-bond donors (Lipinski definition) is 0. The summed E-state index contributed by atoms with van der Waals surface area (Å²) in [5.41, 5.74) is 14.5. The Morgan fingerprint density at radius 2 is 0.697 bits per heavy atom. The van der Waals surface area contributed by atoms with Crippen LogP contribution in [0.1, 0.15) is 0 Å². The van der Waals surface area contributed by atoms with Crippen LogP contribution in [0.3, 0.4) is 0 Å². The Bertz CT molecular complexity index is 4190. The minimum Gasteiger partial charge on any atom is -0.309 e. The van der Waals surface area contributed by atoms with E-state index in [1.807, 2.05) is 0 Å². The number of para-hydroxylation sites is 2. The molecule has 14 aromatic rings. The molecule has 0 unspecified atom stereocenters. The van der Waals surface area contributed by atoms with Crippen molar-refractivity contribution in [3.63, 3.8) is 0 Å². The average Bonchev–Trinajstić information content (AvgIpc) is 3.91. The molecule has 2 heteroatoms. The van der Waals surface area contributed by atoms with Crippen LogP contribution in [0.4, 0.5) is 0 Å². The average molecular weight is 837 g/mol. The van der Waals surface area contributed by atoms with Crippen molar-refractivity contribution in [2.75, 3.05) is 0 Å². The van der Waals surface area contributed by atoms with E-state index in [-0.39, 0.29) is 0 Å². The van der Waals surface area contributed by atoms with E-state index in [2.05, 4.69) is 252 Å². The van der Waals surface area contributed by atoms with Crippen LogP contribution in [0, 0.1) is 0 Å². The van der Waals surface area contributed by atoms with Crippen LogP contribution < -0.4 is 0 Å². The lowest BCUT2D eigenvalue weighted by molar-refractivity contribution is 1.18. The number of aromatic nitrogens is 2. The van der Waals surface area contributed by atoms with Crippen molar-refractivity contribution in [1.29, 1.82) is 0 Å². The highest BCUT2D eigenvalue weighted by Gasteiger charge is 2.22. The molecule has 0 aliphatic heterocycles. The SMILES string of the molecule is c1ccc(-c2c3ccccc3c(-c3ccc(-n4c5ccc6ccccc6c5c5c6ccccc6c(-c6ccc7c8ccccc8n(-c8ccccc8)c7c6)cc54)cc3)c3ccccc23)cc1. The fourth-order valence-corrected chi connectivity index (χ4v) is 11.3. The van der Waals surface area contributed by atoms with Gasteiger partial charge in [0.25, 0.3) is 0 Å². The van der Waals surface area contributed by atoms with Crippen molar-refractivity contribution >= 4 is 86.7 Å². The zero-order chi connectivity index (χ0) is 43.3. The molecule has 14 rings (SSSR count). The second-order valence-electron chi connectivity index (χ2n) is 17.6. The van der Waals surface area contributed by atoms with Gasteiger partial charge in [0, 0.05) is 32.9 Å². The molecule has 0 fully saturated rings. The van der Waals surface area contributed by atoms with Gasteiger partial charge in [0.2, 0.25) is 0 Å². The van der Waals surface area contributed by atoms with Crippen molar-refractivity contribution in [2.24, 2.45) is 0 Å². The van der Waals surface area contributed by atoms with Gasteiger partial charge >= 0.3 is 0 Å². The van der Waals surface area contributed by atoms with Gasteiger partial charge in [0.1, 0.15) is 0 Å². The summed E-state index contributed by atoms with van der Waals surface area (Å²) >= 11 is 0. The molecule has 0 saturated carbocycles. The molecule has 12 aromatic carbocycles. The van der Waals surface area contributed by atoms with E-state index >= 15 is 0 Å². The Kier molecular flexibility index (Phi) is 8.02. The van der Waals surface area contributed by atoms with Crippen molar-refractivity contribution < 1.29 is 0 Å². The first-order valence-electron chi connectivity index (χ1n) is 22.8. The van der Waals surface area contributed by atoms with Gasteiger partial charge in [0.15, 0.2) is 0 Å². The molecule has 0 bridgehead atoms. The van der Waals surface area contributed by atoms with Crippen molar-refractivity contribution in [2.45, 2.75) is 0 Å². The van der Waals surface area contributed by atoms with Gasteiger partial charge in [0.05, 0.1) is 22.1 Å². The highest BCUT2D eigenvalue weighted by atomic mass is 15.0. The van der Waals surface area contributed by atoms with E-state index in [1.165, 1.54) is 120 Å². The van der Waals surface area contributed by atoms with Crippen molar-refractivity contribution in [3.05, 3.63) is 243 Å². The Labute approximate surface area is 381 Å². The summed E-state index contributed by atoms with van der Waals surface area (Å²) in [6.45, 7) is 0. The lowest BCUT2D eigenvalue weighted by atomic mass is 9.86. The topological polar surface area (TPSA) is 9.86 Å². The summed E-state index contributed by atoms with van der Waals surface area (Å²) < 4.78 is 4.92. The van der Waals surface area contributed by atoms with E-state index in [9.17, 15) is 0 Å². The number of nitrogens with zero attached hydrogens (tertiary/aromatic N) is 2. The lowest BCUT2D eigenvalue weighted by Crippen LogP contribution is -1.96. The fourth-order valence-electron chi connectivity index (χ4n) is 11.3. The highest BCUT2D eigenvalue weighted by molar-refractivity contribution is 6.30. The standard InChI is InChI=1S/C64H40N2/c1-3-18-42(19-4-1)61-52-26-11-13-28-54(52)62(55-29-14-12-27-53(55)61)43-31-35-46(36-32-43)66-58-38-34-41-17-7-8-22-47(41)63(58)64-51-25-10-9-23-48(51)56(40-60(64)66)44-33-37-50-49-24-15-16-30-57(49)65(59(50)39-44)45-20-5-2-6-21-45/h1-40H. The van der Waals surface area contributed by atoms with Gasteiger partial charge in [-0.2, -0.15) is 0 Å². The van der Waals surface area contributed by atoms with Gasteiger partial charge in [-0.1, -0.05) is 194 Å². The zero-order valence-electron chi connectivity index (χ0n) is 36.0. The zero-order valence-corrected chi connectivity index (χ0v) is 36.0. The molecule has 0 atom stereocenters. The second-order valence-corrected chi connectivity index (χ2v) is 17.6. The molecule has 0 aliphatic carbocycles. The third-order valence-corrected chi connectivity index (χ3v) is 14.1. The van der Waals surface area contributed by atoms with Crippen LogP contribution in [0.15, 0.2) is 243 Å². The highest BCUT2D eigenvalue weighted by Crippen LogP contribution is 2.47. The molecule has 2 heterocycles. The number of fused-ring (bicyclic) bond motifs is 12. The predicted molar refractivity (Wildman–Crippen MR) is 281 cm³/mol. The molecule has 2 nitrogen and oxygen atoms in total. The third-order valence-electron chi connectivity index (χ3n) is 14.1. The largest absolute Gasteiger partial charge is 0.309 e. The minimum absolute atomic E-state index is 1.13. The normalized spacial score (nSPS) is 11.9. The van der Waals surface area contributed by atoms with E-state index in [0.29, 0.717) is 0 Å². The van der Waals surface area contributed by atoms with Gasteiger partial charge in [-0.15, -0.1) is 0 Å². The van der Waals surface area contributed by atoms with Gasteiger partial charge < -0.3 is 9.13 Å². The van der Waals surface area contributed by atoms with Crippen LogP contribution in [0.2, 0.25) is 0 Å². The molecule has 0 aliphatic rings. The predicted octanol–water partition coefficient (Wildman–Crippen LogP) is 17.5. The number of hydrogen-bond acceptors (Lipinski definition) is 0. The molecule has 0 N–H and O–H groups in total. The molecule has 66 heavy (non-hydrogen) atoms. The number of benzene rings is 12. The van der Waals surface area contributed by atoms with Crippen molar-refractivity contribution in [3.8, 4) is 44.8 Å². The quantitative estimate of drug-likeness (QED) is 0.153. The Morgan fingerprint density at radius 3 is 1.38 bits per heavy atom. The monoisotopic (exact) mass is 836 g/mol. The molecule has 306 valence electrons. The Morgan fingerprint density at radius 1 is 0.227 bits per heavy atom. The molecular weight excluding hydrogens is 797 g/mol. The summed E-state index contributed by atoms with van der Waals surface area (Å²) in [7, 11) is 0.